The van der Waals surface area contributed by atoms with Crippen LogP contribution in [0.15, 0.2) is 46.5 Å². The van der Waals surface area contributed by atoms with Crippen molar-refractivity contribution in [2.45, 2.75) is 64.1 Å². The number of nitrogens with zero attached hydrogens (tertiary/aromatic N) is 4. The van der Waals surface area contributed by atoms with Crippen molar-refractivity contribution in [3.05, 3.63) is 42.1 Å². The summed E-state index contributed by atoms with van der Waals surface area (Å²) in [5.41, 5.74) is 1.89. The molecule has 2 aromatic heterocycles. The Labute approximate surface area is 230 Å². The first kappa shape index (κ1) is 29.7. The third-order valence-corrected chi connectivity index (χ3v) is 8.20. The molecule has 1 saturated heterocycles. The Balaban J connectivity index is 0.000000732. The van der Waals surface area contributed by atoms with Crippen LogP contribution in [0.3, 0.4) is 0 Å². The predicted octanol–water partition coefficient (Wildman–Crippen LogP) is 5.31. The molecule has 38 heavy (non-hydrogen) atoms. The highest BCUT2D eigenvalue weighted by Gasteiger charge is 2.46. The lowest BCUT2D eigenvalue weighted by Gasteiger charge is -2.35. The Hall–Kier alpha value is -2.82. The van der Waals surface area contributed by atoms with Crippen molar-refractivity contribution in [2.75, 3.05) is 42.3 Å². The molecule has 3 aromatic rings. The van der Waals surface area contributed by atoms with E-state index in [-0.39, 0.29) is 18.1 Å². The van der Waals surface area contributed by atoms with Crippen molar-refractivity contribution in [2.24, 2.45) is 17.3 Å². The van der Waals surface area contributed by atoms with Crippen LogP contribution in [-0.4, -0.2) is 63.2 Å². The maximum Gasteiger partial charge on any atom is 0.196 e. The van der Waals surface area contributed by atoms with Crippen molar-refractivity contribution in [1.82, 2.24) is 20.2 Å². The molecule has 9 nitrogen and oxygen atoms in total. The number of aromatic amines is 1. The standard InChI is InChI=1S/C24H33N7OS.C4H10O/c1-15(2)24(14-32)13-31(12-16(24)3)22-11-20(26-21-10-17(4)29-30-21)27-23(28-22)33-19-8-6-18(25-5)7-9-19;1-3-4(2)5/h6-11,15-16,25,32H,12-14H2,1-5H3,(H2,26,27,28,29,30);4-5H,3H2,1-2H3. The first-order valence-electron chi connectivity index (χ1n) is 13.3. The van der Waals surface area contributed by atoms with E-state index in [1.165, 1.54) is 11.8 Å². The van der Waals surface area contributed by atoms with Gasteiger partial charge in [0.25, 0.3) is 0 Å². The maximum atomic E-state index is 10.3. The molecule has 0 saturated carbocycles. The van der Waals surface area contributed by atoms with E-state index in [9.17, 15) is 5.11 Å². The number of aromatic nitrogens is 4. The van der Waals surface area contributed by atoms with Crippen molar-refractivity contribution >= 4 is 34.9 Å². The number of hydrogen-bond acceptors (Lipinski definition) is 9. The van der Waals surface area contributed by atoms with Crippen LogP contribution < -0.4 is 15.5 Å². The highest BCUT2D eigenvalue weighted by molar-refractivity contribution is 7.99. The van der Waals surface area contributed by atoms with Gasteiger partial charge in [0.2, 0.25) is 0 Å². The van der Waals surface area contributed by atoms with Gasteiger partial charge in [-0.3, -0.25) is 5.10 Å². The van der Waals surface area contributed by atoms with Crippen molar-refractivity contribution in [3.8, 4) is 0 Å². The molecule has 1 aromatic carbocycles. The zero-order valence-electron chi connectivity index (χ0n) is 23.6. The molecule has 3 heterocycles. The Morgan fingerprint density at radius 3 is 2.34 bits per heavy atom. The minimum atomic E-state index is -0.145. The van der Waals surface area contributed by atoms with Gasteiger partial charge in [-0.2, -0.15) is 5.10 Å². The molecule has 1 aliphatic heterocycles. The van der Waals surface area contributed by atoms with Gasteiger partial charge >= 0.3 is 0 Å². The first-order chi connectivity index (χ1) is 18.1. The molecule has 0 radical (unpaired) electrons. The average Bonchev–Trinajstić information content (AvgIpc) is 3.47. The van der Waals surface area contributed by atoms with Crippen LogP contribution in [0, 0.1) is 24.2 Å². The van der Waals surface area contributed by atoms with Gasteiger partial charge in [-0.25, -0.2) is 9.97 Å². The van der Waals surface area contributed by atoms with Crippen LogP contribution in [0.1, 0.15) is 46.7 Å². The monoisotopic (exact) mass is 541 g/mol. The summed E-state index contributed by atoms with van der Waals surface area (Å²) in [6, 6.07) is 12.1. The van der Waals surface area contributed by atoms with Crippen molar-refractivity contribution in [1.29, 1.82) is 0 Å². The molecule has 0 amide bonds. The number of aryl methyl sites for hydroxylation is 1. The number of aliphatic hydroxyl groups is 2. The van der Waals surface area contributed by atoms with E-state index in [0.717, 1.165) is 41.6 Å². The second-order valence-electron chi connectivity index (χ2n) is 10.4. The summed E-state index contributed by atoms with van der Waals surface area (Å²) in [6.07, 6.45) is 0.745. The molecule has 3 unspecified atom stereocenters. The Morgan fingerprint density at radius 1 is 1.16 bits per heavy atom. The summed E-state index contributed by atoms with van der Waals surface area (Å²) in [5.74, 6) is 2.99. The Morgan fingerprint density at radius 2 is 1.84 bits per heavy atom. The summed E-state index contributed by atoms with van der Waals surface area (Å²) in [4.78, 5) is 13.0. The van der Waals surface area contributed by atoms with E-state index in [0.29, 0.717) is 28.6 Å². The Kier molecular flexibility index (Phi) is 10.4. The fourth-order valence-electron chi connectivity index (χ4n) is 4.50. The van der Waals surface area contributed by atoms with E-state index >= 15 is 0 Å². The average molecular weight is 542 g/mol. The third-order valence-electron chi connectivity index (χ3n) is 7.33. The molecule has 0 aliphatic carbocycles. The van der Waals surface area contributed by atoms with E-state index in [4.69, 9.17) is 15.1 Å². The molecule has 1 aliphatic rings. The molecular formula is C28H43N7O2S. The topological polar surface area (TPSA) is 122 Å². The smallest absolute Gasteiger partial charge is 0.196 e. The predicted molar refractivity (Wildman–Crippen MR) is 156 cm³/mol. The van der Waals surface area contributed by atoms with Gasteiger partial charge in [-0.05, 0) is 68.1 Å². The van der Waals surface area contributed by atoms with Crippen LogP contribution in [0.5, 0.6) is 0 Å². The number of nitrogens with one attached hydrogen (secondary N) is 3. The van der Waals surface area contributed by atoms with Gasteiger partial charge in [0.1, 0.15) is 11.6 Å². The minimum absolute atomic E-state index is 0.116. The van der Waals surface area contributed by atoms with E-state index < -0.39 is 0 Å². The zero-order chi connectivity index (χ0) is 27.9. The maximum absolute atomic E-state index is 10.3. The summed E-state index contributed by atoms with van der Waals surface area (Å²) >= 11 is 1.53. The van der Waals surface area contributed by atoms with E-state index in [1.54, 1.807) is 6.92 Å². The van der Waals surface area contributed by atoms with Gasteiger partial charge in [0.05, 0.1) is 12.7 Å². The number of hydrogen-bond donors (Lipinski definition) is 5. The molecule has 0 spiro atoms. The highest BCUT2D eigenvalue weighted by Crippen LogP contribution is 2.43. The lowest BCUT2D eigenvalue weighted by atomic mass is 9.71. The van der Waals surface area contributed by atoms with Crippen molar-refractivity contribution in [3.63, 3.8) is 0 Å². The molecule has 208 valence electrons. The number of benzene rings is 1. The largest absolute Gasteiger partial charge is 0.396 e. The van der Waals surface area contributed by atoms with Crippen LogP contribution in [0.25, 0.3) is 0 Å². The van der Waals surface area contributed by atoms with E-state index in [2.05, 4.69) is 58.6 Å². The molecule has 5 N–H and O–H groups in total. The number of aliphatic hydroxyl groups excluding tert-OH is 2. The fourth-order valence-corrected chi connectivity index (χ4v) is 5.26. The summed E-state index contributed by atoms with van der Waals surface area (Å²) in [5, 5.41) is 33.0. The number of anilines is 4. The molecule has 3 atom stereocenters. The second kappa shape index (κ2) is 13.3. The van der Waals surface area contributed by atoms with E-state index in [1.807, 2.05) is 45.2 Å². The second-order valence-corrected chi connectivity index (χ2v) is 11.5. The lowest BCUT2D eigenvalue weighted by molar-refractivity contribution is 0.0600. The van der Waals surface area contributed by atoms with Gasteiger partial charge in [0.15, 0.2) is 11.0 Å². The lowest BCUT2D eigenvalue weighted by Crippen LogP contribution is -2.38. The SMILES string of the molecule is CCC(C)O.CNc1ccc(Sc2nc(Nc3cc(C)[nH]n3)cc(N3CC(C)C(CO)(C(C)C)C3)n2)cc1. The Bertz CT molecular complexity index is 1150. The summed E-state index contributed by atoms with van der Waals surface area (Å²) < 4.78 is 0. The minimum Gasteiger partial charge on any atom is -0.396 e. The van der Waals surface area contributed by atoms with Crippen molar-refractivity contribution < 1.29 is 10.2 Å². The van der Waals surface area contributed by atoms with Crippen LogP contribution in [0.2, 0.25) is 0 Å². The van der Waals surface area contributed by atoms with Crippen LogP contribution >= 0.6 is 11.8 Å². The molecule has 1 fully saturated rings. The van der Waals surface area contributed by atoms with Crippen LogP contribution in [-0.2, 0) is 0 Å². The van der Waals surface area contributed by atoms with Gasteiger partial charge in [-0.15, -0.1) is 0 Å². The normalized spacial score (nSPS) is 19.7. The van der Waals surface area contributed by atoms with Gasteiger partial charge in [-0.1, -0.05) is 27.7 Å². The van der Waals surface area contributed by atoms with Crippen LogP contribution in [0.4, 0.5) is 23.1 Å². The van der Waals surface area contributed by atoms with Gasteiger partial charge in [0, 0.05) is 54.0 Å². The first-order valence-corrected chi connectivity index (χ1v) is 14.1. The third kappa shape index (κ3) is 7.39. The molecule has 0 bridgehead atoms. The summed E-state index contributed by atoms with van der Waals surface area (Å²) in [7, 11) is 1.91. The summed E-state index contributed by atoms with van der Waals surface area (Å²) in [6.45, 7) is 14.1. The zero-order valence-corrected chi connectivity index (χ0v) is 24.4. The highest BCUT2D eigenvalue weighted by atomic mass is 32.2. The number of rotatable bonds is 9. The quantitative estimate of drug-likeness (QED) is 0.229. The molecule has 4 rings (SSSR count). The fraction of sp³-hybridized carbons (Fsp3) is 0.536. The van der Waals surface area contributed by atoms with Gasteiger partial charge < -0.3 is 25.7 Å². The number of H-pyrrole nitrogens is 1. The molecule has 10 heteroatoms. The molecular weight excluding hydrogens is 498 g/mol.